The fourth-order valence-electron chi connectivity index (χ4n) is 5.27. The van der Waals surface area contributed by atoms with Gasteiger partial charge in [0.2, 0.25) is 11.8 Å². The molecule has 12 heteroatoms. The van der Waals surface area contributed by atoms with Gasteiger partial charge >= 0.3 is 0 Å². The number of methoxy groups -OCH3 is 1. The quantitative estimate of drug-likeness (QED) is 0.407. The number of ether oxygens (including phenoxy) is 2. The largest absolute Gasteiger partial charge is 0.479 e. The van der Waals surface area contributed by atoms with Gasteiger partial charge in [-0.2, -0.15) is 4.98 Å². The third-order valence-corrected chi connectivity index (χ3v) is 7.40. The second kappa shape index (κ2) is 8.91. The molecule has 1 spiro atoms. The van der Waals surface area contributed by atoms with Crippen molar-refractivity contribution in [1.82, 2.24) is 29.6 Å². The summed E-state index contributed by atoms with van der Waals surface area (Å²) in [4.78, 5) is 4.52. The van der Waals surface area contributed by atoms with Crippen molar-refractivity contribution in [3.8, 4) is 17.0 Å². The Labute approximate surface area is 204 Å². The predicted molar refractivity (Wildman–Crippen MR) is 126 cm³/mol. The maximum atomic E-state index is 15.3. The normalized spacial score (nSPS) is 17.8. The molecule has 0 radical (unpaired) electrons. The van der Waals surface area contributed by atoms with Crippen LogP contribution in [0, 0.1) is 11.2 Å². The van der Waals surface area contributed by atoms with E-state index in [1.165, 1.54) is 22.5 Å². The van der Waals surface area contributed by atoms with Crippen LogP contribution < -0.4 is 10.1 Å². The minimum Gasteiger partial charge on any atom is -0.479 e. The number of nitrogens with one attached hydrogen (secondary N) is 1. The monoisotopic (exact) mass is 501 g/mol. The smallest absolute Gasteiger partial charge is 0.244 e. The van der Waals surface area contributed by atoms with Crippen LogP contribution in [0.15, 0.2) is 24.4 Å². The first-order chi connectivity index (χ1) is 17.5. The Morgan fingerprint density at radius 2 is 2.00 bits per heavy atom. The molecular weight excluding hydrogens is 475 g/mol. The Morgan fingerprint density at radius 1 is 1.22 bits per heavy atom. The van der Waals surface area contributed by atoms with E-state index in [2.05, 4.69) is 25.7 Å². The van der Waals surface area contributed by atoms with Crippen LogP contribution in [0.2, 0.25) is 0 Å². The van der Waals surface area contributed by atoms with E-state index in [9.17, 15) is 8.78 Å². The number of benzene rings is 1. The topological polar surface area (TPSA) is 91.4 Å². The molecule has 3 aromatic heterocycles. The Balaban J connectivity index is 1.35. The lowest BCUT2D eigenvalue weighted by Crippen LogP contribution is -2.47. The van der Waals surface area contributed by atoms with Crippen LogP contribution in [-0.4, -0.2) is 69.3 Å². The zero-order valence-corrected chi connectivity index (χ0v) is 19.8. The average Bonchev–Trinajstić information content (AvgIpc) is 3.44. The van der Waals surface area contributed by atoms with Crippen LogP contribution in [0.25, 0.3) is 27.7 Å². The number of halogens is 3. The highest BCUT2D eigenvalue weighted by Crippen LogP contribution is 2.43. The molecule has 36 heavy (non-hydrogen) atoms. The summed E-state index contributed by atoms with van der Waals surface area (Å²) in [5.74, 6) is 0.0385. The van der Waals surface area contributed by atoms with Gasteiger partial charge in [0.15, 0.2) is 5.82 Å². The maximum absolute atomic E-state index is 15.3. The van der Waals surface area contributed by atoms with Gasteiger partial charge in [-0.1, -0.05) is 11.3 Å². The van der Waals surface area contributed by atoms with Crippen molar-refractivity contribution in [1.29, 1.82) is 0 Å². The van der Waals surface area contributed by atoms with E-state index < -0.39 is 25.2 Å². The van der Waals surface area contributed by atoms with Gasteiger partial charge < -0.3 is 14.8 Å². The van der Waals surface area contributed by atoms with Crippen LogP contribution in [0.3, 0.4) is 0 Å². The minimum atomic E-state index is -1.10. The van der Waals surface area contributed by atoms with Gasteiger partial charge in [-0.3, -0.25) is 0 Å². The molecule has 1 aromatic carbocycles. The molecule has 2 fully saturated rings. The van der Waals surface area contributed by atoms with E-state index in [1.807, 2.05) is 0 Å². The molecule has 190 valence electrons. The van der Waals surface area contributed by atoms with Crippen LogP contribution >= 0.6 is 0 Å². The van der Waals surface area contributed by atoms with Crippen molar-refractivity contribution in [2.24, 2.45) is 5.41 Å². The molecule has 1 saturated heterocycles. The van der Waals surface area contributed by atoms with Gasteiger partial charge in [-0.25, -0.2) is 22.4 Å². The van der Waals surface area contributed by atoms with E-state index in [4.69, 9.17) is 9.47 Å². The lowest BCUT2D eigenvalue weighted by Gasteiger charge is -2.46. The average molecular weight is 502 g/mol. The molecule has 0 amide bonds. The first kappa shape index (κ1) is 23.0. The summed E-state index contributed by atoms with van der Waals surface area (Å²) in [6.45, 7) is -0.190. The molecule has 1 N–H and O–H groups in total. The van der Waals surface area contributed by atoms with Gasteiger partial charge in [0.25, 0.3) is 0 Å². The Kier molecular flexibility index (Phi) is 5.70. The summed E-state index contributed by atoms with van der Waals surface area (Å²) >= 11 is 0. The van der Waals surface area contributed by atoms with E-state index in [-0.39, 0.29) is 17.5 Å². The third-order valence-electron chi connectivity index (χ3n) is 7.40. The Bertz CT molecular complexity index is 1400. The first-order valence-corrected chi connectivity index (χ1v) is 12.0. The molecule has 0 atom stereocenters. The molecule has 1 saturated carbocycles. The fourth-order valence-corrected chi connectivity index (χ4v) is 5.27. The van der Waals surface area contributed by atoms with E-state index in [0.29, 0.717) is 33.5 Å². The summed E-state index contributed by atoms with van der Waals surface area (Å²) in [5.41, 5.74) is 2.21. The zero-order chi connectivity index (χ0) is 24.9. The Morgan fingerprint density at radius 3 is 2.67 bits per heavy atom. The van der Waals surface area contributed by atoms with E-state index in [0.717, 1.165) is 38.9 Å². The van der Waals surface area contributed by atoms with Crippen molar-refractivity contribution in [3.63, 3.8) is 0 Å². The van der Waals surface area contributed by atoms with Crippen LogP contribution in [-0.2, 0) is 4.74 Å². The minimum absolute atomic E-state index is 0.211. The zero-order valence-electron chi connectivity index (χ0n) is 19.8. The van der Waals surface area contributed by atoms with Gasteiger partial charge in [0, 0.05) is 11.5 Å². The number of hydrogen-bond donors (Lipinski definition) is 1. The van der Waals surface area contributed by atoms with Crippen molar-refractivity contribution < 1.29 is 22.6 Å². The predicted octanol–water partition coefficient (Wildman–Crippen LogP) is 4.14. The van der Waals surface area contributed by atoms with Gasteiger partial charge in [0.05, 0.1) is 37.6 Å². The number of fused-ring (bicyclic) bond motifs is 2. The van der Waals surface area contributed by atoms with Gasteiger partial charge in [0.1, 0.15) is 30.4 Å². The first-order valence-electron chi connectivity index (χ1n) is 12.0. The molecule has 9 nitrogen and oxygen atoms in total. The standard InChI is InChI=1S/C24H26F3N7O2/c1-35-22-21-20(14-2-3-18-19(8-14)34(32-30-18)16(9-25)10-26)17(27)11-33(21)31-23(29-22)28-15-4-6-24(7-5-15)12-36-13-24/h2-3,8,11,15-16H,4-7,9-10,12-13H2,1H3,(H,28,31). The number of hydrogen-bond acceptors (Lipinski definition) is 7. The second-order valence-corrected chi connectivity index (χ2v) is 9.70. The van der Waals surface area contributed by atoms with Gasteiger partial charge in [-0.15, -0.1) is 10.2 Å². The van der Waals surface area contributed by atoms with Crippen molar-refractivity contribution >= 4 is 22.5 Å². The van der Waals surface area contributed by atoms with Crippen LogP contribution in [0.5, 0.6) is 5.88 Å². The van der Waals surface area contributed by atoms with Gasteiger partial charge in [-0.05, 0) is 43.4 Å². The molecule has 0 unspecified atom stereocenters. The van der Waals surface area contributed by atoms with Crippen molar-refractivity contribution in [3.05, 3.63) is 30.2 Å². The lowest BCUT2D eigenvalue weighted by molar-refractivity contribution is -0.131. The molecule has 1 aliphatic carbocycles. The number of nitrogens with zero attached hydrogens (tertiary/aromatic N) is 6. The summed E-state index contributed by atoms with van der Waals surface area (Å²) in [5, 5.41) is 15.7. The summed E-state index contributed by atoms with van der Waals surface area (Å²) in [6.07, 6.45) is 5.42. The highest BCUT2D eigenvalue weighted by atomic mass is 19.1. The van der Waals surface area contributed by atoms with Crippen molar-refractivity contribution in [2.45, 2.75) is 37.8 Å². The summed E-state index contributed by atoms with van der Waals surface area (Å²) in [6, 6.07) is 4.04. The number of alkyl halides is 2. The fraction of sp³-hybridized carbons (Fsp3) is 0.500. The third kappa shape index (κ3) is 3.74. The van der Waals surface area contributed by atoms with E-state index in [1.54, 1.807) is 18.2 Å². The number of rotatable bonds is 7. The summed E-state index contributed by atoms with van der Waals surface area (Å²) < 4.78 is 55.5. The molecule has 1 aliphatic heterocycles. The SMILES string of the molecule is COc1nc(NC2CCC3(CC2)COC3)nn2cc(F)c(-c3ccc4nnn(C(CF)CF)c4c3)c12. The highest BCUT2D eigenvalue weighted by Gasteiger charge is 2.41. The molecule has 6 rings (SSSR count). The molecule has 0 bridgehead atoms. The Hall–Kier alpha value is -3.41. The van der Waals surface area contributed by atoms with Crippen molar-refractivity contribution in [2.75, 3.05) is 39.0 Å². The van der Waals surface area contributed by atoms with Crippen LogP contribution in [0.1, 0.15) is 31.7 Å². The van der Waals surface area contributed by atoms with Crippen LogP contribution in [0.4, 0.5) is 19.1 Å². The highest BCUT2D eigenvalue weighted by molar-refractivity contribution is 5.89. The molecule has 2 aliphatic rings. The second-order valence-electron chi connectivity index (χ2n) is 9.70. The maximum Gasteiger partial charge on any atom is 0.244 e. The lowest BCUT2D eigenvalue weighted by atomic mass is 9.71. The number of aromatic nitrogens is 6. The molecular formula is C24H26F3N7O2. The number of anilines is 1. The molecule has 4 heterocycles. The molecule has 4 aromatic rings. The van der Waals surface area contributed by atoms with E-state index >= 15 is 4.39 Å². The summed E-state index contributed by atoms with van der Waals surface area (Å²) in [7, 11) is 1.47.